The molecule has 0 aliphatic carbocycles. The van der Waals surface area contributed by atoms with E-state index in [1.807, 2.05) is 19.1 Å². The molecule has 0 aliphatic rings. The van der Waals surface area contributed by atoms with Crippen molar-refractivity contribution in [2.45, 2.75) is 19.8 Å². The summed E-state index contributed by atoms with van der Waals surface area (Å²) in [5.41, 5.74) is 3.64. The average molecular weight is 539 g/mol. The number of amides is 2. The van der Waals surface area contributed by atoms with Crippen LogP contribution in [0.2, 0.25) is 0 Å². The van der Waals surface area contributed by atoms with Crippen LogP contribution in [0.15, 0.2) is 91.0 Å². The third kappa shape index (κ3) is 7.05. The summed E-state index contributed by atoms with van der Waals surface area (Å²) in [5, 5.41) is 15.1. The molecule has 40 heavy (non-hydrogen) atoms. The van der Waals surface area contributed by atoms with Crippen LogP contribution in [0.4, 0.5) is 11.4 Å². The molecule has 4 aromatic rings. The number of unbranched alkanes of at least 4 members (excludes halogenated alkanes) is 1. The van der Waals surface area contributed by atoms with Crippen molar-refractivity contribution in [1.82, 2.24) is 0 Å². The Morgan fingerprint density at radius 1 is 0.750 bits per heavy atom. The lowest BCUT2D eigenvalue weighted by Crippen LogP contribution is -2.15. The van der Waals surface area contributed by atoms with Gasteiger partial charge in [-0.3, -0.25) is 9.59 Å². The highest BCUT2D eigenvalue weighted by Gasteiger charge is 2.15. The predicted octanol–water partition coefficient (Wildman–Crippen LogP) is 6.53. The molecule has 2 amide bonds. The zero-order chi connectivity index (χ0) is 28.5. The minimum atomic E-state index is -0.478. The van der Waals surface area contributed by atoms with Gasteiger partial charge in [-0.05, 0) is 78.2 Å². The molecule has 0 fully saturated rings. The number of nitrogens with one attached hydrogen (secondary N) is 2. The Hall–Kier alpha value is -5.11. The number of hydrogen-bond donors (Lipinski definition) is 3. The van der Waals surface area contributed by atoms with E-state index < -0.39 is 11.9 Å². The number of phenolic OH excluding ortho intramolecular Hbond substituents is 1. The van der Waals surface area contributed by atoms with Gasteiger partial charge < -0.3 is 25.2 Å². The molecule has 8 nitrogen and oxygen atoms in total. The van der Waals surface area contributed by atoms with E-state index >= 15 is 0 Å². The monoisotopic (exact) mass is 538 g/mol. The van der Waals surface area contributed by atoms with Crippen LogP contribution in [-0.4, -0.2) is 36.6 Å². The second-order valence-corrected chi connectivity index (χ2v) is 9.02. The number of aromatic hydroxyl groups is 1. The van der Waals surface area contributed by atoms with Gasteiger partial charge in [-0.1, -0.05) is 43.7 Å². The number of phenols is 1. The van der Waals surface area contributed by atoms with Gasteiger partial charge in [0, 0.05) is 16.8 Å². The number of carbonyl (C=O) groups is 3. The normalized spacial score (nSPS) is 10.4. The van der Waals surface area contributed by atoms with Crippen molar-refractivity contribution in [3.05, 3.63) is 108 Å². The van der Waals surface area contributed by atoms with Crippen molar-refractivity contribution < 1.29 is 29.0 Å². The molecule has 0 saturated heterocycles. The number of carbonyl (C=O) groups excluding carboxylic acids is 3. The summed E-state index contributed by atoms with van der Waals surface area (Å²) in [4.78, 5) is 38.2. The first-order valence-corrected chi connectivity index (χ1v) is 12.9. The first-order valence-electron chi connectivity index (χ1n) is 12.9. The van der Waals surface area contributed by atoms with E-state index in [2.05, 4.69) is 10.6 Å². The van der Waals surface area contributed by atoms with Crippen LogP contribution >= 0.6 is 0 Å². The molecular weight excluding hydrogens is 508 g/mol. The third-order valence-electron chi connectivity index (χ3n) is 6.14. The first-order chi connectivity index (χ1) is 19.4. The van der Waals surface area contributed by atoms with Gasteiger partial charge in [-0.2, -0.15) is 0 Å². The van der Waals surface area contributed by atoms with Crippen molar-refractivity contribution in [1.29, 1.82) is 0 Å². The Morgan fingerprint density at radius 2 is 1.40 bits per heavy atom. The van der Waals surface area contributed by atoms with Gasteiger partial charge in [0.05, 0.1) is 25.0 Å². The standard InChI is InChI=1S/C32H30N2O6/c1-3-4-18-40-32(38)25-7-5-6-24(19-25)31(37)33-26-14-17-29(39-2)28(20-26)34-30(36)23-10-8-21(9-11-23)22-12-15-27(35)16-13-22/h5-17,19-20,35H,3-4,18H2,1-2H3,(H,33,37)(H,34,36). The molecule has 8 heteroatoms. The summed E-state index contributed by atoms with van der Waals surface area (Å²) >= 11 is 0. The molecule has 0 saturated carbocycles. The average Bonchev–Trinajstić information content (AvgIpc) is 2.98. The number of ether oxygens (including phenoxy) is 2. The van der Waals surface area contributed by atoms with Gasteiger partial charge in [0.25, 0.3) is 11.8 Å². The Morgan fingerprint density at radius 3 is 2.08 bits per heavy atom. The lowest BCUT2D eigenvalue weighted by Gasteiger charge is -2.13. The van der Waals surface area contributed by atoms with E-state index in [1.54, 1.807) is 72.8 Å². The van der Waals surface area contributed by atoms with Crippen LogP contribution in [0.3, 0.4) is 0 Å². The fourth-order valence-electron chi connectivity index (χ4n) is 3.93. The predicted molar refractivity (Wildman–Crippen MR) is 154 cm³/mol. The Kier molecular flexibility index (Phi) is 9.15. The molecule has 0 aliphatic heterocycles. The number of benzene rings is 4. The maximum Gasteiger partial charge on any atom is 0.338 e. The minimum absolute atomic E-state index is 0.183. The number of rotatable bonds is 10. The summed E-state index contributed by atoms with van der Waals surface area (Å²) in [6.45, 7) is 2.33. The second kappa shape index (κ2) is 13.1. The highest BCUT2D eigenvalue weighted by molar-refractivity contribution is 6.08. The van der Waals surface area contributed by atoms with Gasteiger partial charge in [0.1, 0.15) is 11.5 Å². The molecule has 0 heterocycles. The lowest BCUT2D eigenvalue weighted by molar-refractivity contribution is 0.0499. The number of esters is 1. The van der Waals surface area contributed by atoms with Crippen molar-refractivity contribution in [2.24, 2.45) is 0 Å². The summed E-state index contributed by atoms with van der Waals surface area (Å²) in [7, 11) is 1.49. The van der Waals surface area contributed by atoms with E-state index in [0.717, 1.165) is 24.0 Å². The number of anilines is 2. The molecule has 0 unspecified atom stereocenters. The minimum Gasteiger partial charge on any atom is -0.508 e. The van der Waals surface area contributed by atoms with Gasteiger partial charge in [-0.25, -0.2) is 4.79 Å². The summed E-state index contributed by atoms with van der Waals surface area (Å²) in [5.74, 6) is -0.649. The van der Waals surface area contributed by atoms with Gasteiger partial charge in [-0.15, -0.1) is 0 Å². The second-order valence-electron chi connectivity index (χ2n) is 9.02. The van der Waals surface area contributed by atoms with E-state index in [9.17, 15) is 19.5 Å². The van der Waals surface area contributed by atoms with Crippen LogP contribution in [0.5, 0.6) is 11.5 Å². The molecule has 0 spiro atoms. The third-order valence-corrected chi connectivity index (χ3v) is 6.14. The molecule has 4 aromatic carbocycles. The highest BCUT2D eigenvalue weighted by atomic mass is 16.5. The van der Waals surface area contributed by atoms with E-state index in [-0.39, 0.29) is 11.7 Å². The largest absolute Gasteiger partial charge is 0.508 e. The van der Waals surface area contributed by atoms with E-state index in [0.29, 0.717) is 40.4 Å². The molecule has 204 valence electrons. The topological polar surface area (TPSA) is 114 Å². The Balaban J connectivity index is 1.45. The van der Waals surface area contributed by atoms with Gasteiger partial charge in [0.2, 0.25) is 0 Å². The van der Waals surface area contributed by atoms with Gasteiger partial charge >= 0.3 is 5.97 Å². The fourth-order valence-corrected chi connectivity index (χ4v) is 3.93. The molecule has 0 radical (unpaired) electrons. The number of hydrogen-bond acceptors (Lipinski definition) is 6. The molecule has 4 rings (SSSR count). The van der Waals surface area contributed by atoms with Crippen molar-refractivity contribution in [2.75, 3.05) is 24.4 Å². The van der Waals surface area contributed by atoms with Crippen LogP contribution in [0, 0.1) is 0 Å². The first kappa shape index (κ1) is 27.9. The molecule has 0 aromatic heterocycles. The molecule has 0 atom stereocenters. The van der Waals surface area contributed by atoms with Gasteiger partial charge in [0.15, 0.2) is 0 Å². The summed E-state index contributed by atoms with van der Waals surface area (Å²) in [6.07, 6.45) is 1.68. The maximum absolute atomic E-state index is 13.0. The highest BCUT2D eigenvalue weighted by Crippen LogP contribution is 2.29. The molecule has 0 bridgehead atoms. The SMILES string of the molecule is CCCCOC(=O)c1cccc(C(=O)Nc2ccc(OC)c(NC(=O)c3ccc(-c4ccc(O)cc4)cc3)c2)c1. The maximum atomic E-state index is 13.0. The summed E-state index contributed by atoms with van der Waals surface area (Å²) < 4.78 is 10.6. The fraction of sp³-hybridized carbons (Fsp3) is 0.156. The van der Waals surface area contributed by atoms with Crippen LogP contribution in [-0.2, 0) is 4.74 Å². The quantitative estimate of drug-likeness (QED) is 0.156. The van der Waals surface area contributed by atoms with Crippen LogP contribution in [0.25, 0.3) is 11.1 Å². The van der Waals surface area contributed by atoms with Crippen molar-refractivity contribution in [3.63, 3.8) is 0 Å². The lowest BCUT2D eigenvalue weighted by atomic mass is 10.0. The number of methoxy groups -OCH3 is 1. The smallest absolute Gasteiger partial charge is 0.338 e. The van der Waals surface area contributed by atoms with Crippen LogP contribution in [0.1, 0.15) is 50.8 Å². The van der Waals surface area contributed by atoms with Crippen molar-refractivity contribution in [3.8, 4) is 22.6 Å². The van der Waals surface area contributed by atoms with E-state index in [1.165, 1.54) is 13.2 Å². The Labute approximate surface area is 232 Å². The summed E-state index contributed by atoms with van der Waals surface area (Å²) in [6, 6.07) is 25.1. The van der Waals surface area contributed by atoms with E-state index in [4.69, 9.17) is 9.47 Å². The molecular formula is C32H30N2O6. The molecule has 3 N–H and O–H groups in total. The van der Waals surface area contributed by atoms with Crippen molar-refractivity contribution >= 4 is 29.2 Å². The zero-order valence-corrected chi connectivity index (χ0v) is 22.3. The van der Waals surface area contributed by atoms with Crippen LogP contribution < -0.4 is 15.4 Å². The Bertz CT molecular complexity index is 1500. The zero-order valence-electron chi connectivity index (χ0n) is 22.3.